The number of anilines is 1. The number of benzene rings is 2. The number of nitrogens with one attached hydrogen (secondary N) is 1. The van der Waals surface area contributed by atoms with E-state index in [0.29, 0.717) is 12.3 Å². The predicted octanol–water partition coefficient (Wildman–Crippen LogP) is 4.38. The lowest BCUT2D eigenvalue weighted by atomic mass is 10.2. The molecule has 1 aromatic heterocycles. The Morgan fingerprint density at radius 3 is 3.00 bits per heavy atom. The summed E-state index contributed by atoms with van der Waals surface area (Å²) < 4.78 is 2.11. The van der Waals surface area contributed by atoms with Crippen molar-refractivity contribution in [3.05, 3.63) is 51.9 Å². The van der Waals surface area contributed by atoms with E-state index in [2.05, 4.69) is 32.3 Å². The highest BCUT2D eigenvalue weighted by Gasteiger charge is 2.03. The maximum atomic E-state index is 9.78. The number of halogens is 1. The first-order chi connectivity index (χ1) is 9.22. The molecule has 0 spiro atoms. The number of hydrogen-bond donors (Lipinski definition) is 2. The summed E-state index contributed by atoms with van der Waals surface area (Å²) in [6.07, 6.45) is 0. The van der Waals surface area contributed by atoms with Crippen molar-refractivity contribution < 1.29 is 5.11 Å². The minimum absolute atomic E-state index is 0.301. The molecule has 0 aliphatic rings. The quantitative estimate of drug-likeness (QED) is 0.747. The number of thiazole rings is 1. The normalized spacial score (nSPS) is 10.8. The van der Waals surface area contributed by atoms with Crippen molar-refractivity contribution in [1.82, 2.24) is 4.98 Å². The molecule has 0 amide bonds. The standard InChI is InChI=1S/C14H11BrN2OS/c15-10-1-4-13(18)9(5-10)7-16-11-2-3-12-14(6-11)19-8-17-12/h1-6,8,16,18H,7H2. The van der Waals surface area contributed by atoms with Gasteiger partial charge in [0.05, 0.1) is 15.7 Å². The molecule has 96 valence electrons. The third-order valence-electron chi connectivity index (χ3n) is 2.86. The van der Waals surface area contributed by atoms with E-state index in [0.717, 1.165) is 25.9 Å². The van der Waals surface area contributed by atoms with Crippen LogP contribution in [0.2, 0.25) is 0 Å². The van der Waals surface area contributed by atoms with Crippen molar-refractivity contribution in [2.75, 3.05) is 5.32 Å². The number of phenolic OH excluding ortho intramolecular Hbond substituents is 1. The van der Waals surface area contributed by atoms with Gasteiger partial charge < -0.3 is 10.4 Å². The van der Waals surface area contributed by atoms with Crippen LogP contribution in [0, 0.1) is 0 Å². The Kier molecular flexibility index (Phi) is 3.40. The largest absolute Gasteiger partial charge is 0.508 e. The molecule has 19 heavy (non-hydrogen) atoms. The van der Waals surface area contributed by atoms with Gasteiger partial charge in [-0.15, -0.1) is 11.3 Å². The second kappa shape index (κ2) is 5.19. The van der Waals surface area contributed by atoms with Crippen LogP contribution in [-0.2, 0) is 6.54 Å². The average Bonchev–Trinajstić information content (AvgIpc) is 2.87. The number of phenols is 1. The molecule has 3 nitrogen and oxygen atoms in total. The fourth-order valence-corrected chi connectivity index (χ4v) is 2.98. The van der Waals surface area contributed by atoms with E-state index in [9.17, 15) is 5.11 Å². The van der Waals surface area contributed by atoms with Gasteiger partial charge in [-0.25, -0.2) is 4.98 Å². The van der Waals surface area contributed by atoms with Gasteiger partial charge in [0.2, 0.25) is 0 Å². The number of aromatic hydroxyl groups is 1. The van der Waals surface area contributed by atoms with Gasteiger partial charge in [-0.3, -0.25) is 0 Å². The van der Waals surface area contributed by atoms with Gasteiger partial charge in [0.1, 0.15) is 5.75 Å². The van der Waals surface area contributed by atoms with E-state index in [1.807, 2.05) is 29.8 Å². The Morgan fingerprint density at radius 2 is 2.11 bits per heavy atom. The second-order valence-corrected chi connectivity index (χ2v) is 5.96. The molecular formula is C14H11BrN2OS. The Balaban J connectivity index is 1.79. The smallest absolute Gasteiger partial charge is 0.120 e. The van der Waals surface area contributed by atoms with Crippen LogP contribution in [0.25, 0.3) is 10.2 Å². The van der Waals surface area contributed by atoms with Gasteiger partial charge in [0, 0.05) is 22.3 Å². The number of aromatic nitrogens is 1. The molecule has 0 atom stereocenters. The van der Waals surface area contributed by atoms with Crippen LogP contribution in [-0.4, -0.2) is 10.1 Å². The van der Waals surface area contributed by atoms with E-state index in [4.69, 9.17) is 0 Å². The van der Waals surface area contributed by atoms with E-state index >= 15 is 0 Å². The lowest BCUT2D eigenvalue weighted by Crippen LogP contribution is -1.99. The minimum Gasteiger partial charge on any atom is -0.508 e. The van der Waals surface area contributed by atoms with Crippen LogP contribution in [0.1, 0.15) is 5.56 Å². The zero-order valence-electron chi connectivity index (χ0n) is 9.93. The molecule has 0 radical (unpaired) electrons. The highest BCUT2D eigenvalue weighted by molar-refractivity contribution is 9.10. The molecule has 0 fully saturated rings. The second-order valence-electron chi connectivity index (χ2n) is 4.16. The highest BCUT2D eigenvalue weighted by atomic mass is 79.9. The predicted molar refractivity (Wildman–Crippen MR) is 82.8 cm³/mol. The zero-order chi connectivity index (χ0) is 13.2. The maximum Gasteiger partial charge on any atom is 0.120 e. The minimum atomic E-state index is 0.301. The highest BCUT2D eigenvalue weighted by Crippen LogP contribution is 2.25. The van der Waals surface area contributed by atoms with Crippen molar-refractivity contribution in [2.45, 2.75) is 6.54 Å². The summed E-state index contributed by atoms with van der Waals surface area (Å²) in [5, 5.41) is 13.1. The maximum absolute atomic E-state index is 9.78. The van der Waals surface area contributed by atoms with Crippen LogP contribution in [0.5, 0.6) is 5.75 Å². The van der Waals surface area contributed by atoms with Gasteiger partial charge in [-0.2, -0.15) is 0 Å². The summed E-state index contributed by atoms with van der Waals surface area (Å²) in [4.78, 5) is 4.25. The van der Waals surface area contributed by atoms with E-state index in [1.54, 1.807) is 17.4 Å². The van der Waals surface area contributed by atoms with Crippen LogP contribution < -0.4 is 5.32 Å². The van der Waals surface area contributed by atoms with Gasteiger partial charge in [-0.1, -0.05) is 15.9 Å². The molecule has 0 unspecified atom stereocenters. The molecule has 3 aromatic rings. The van der Waals surface area contributed by atoms with Crippen molar-refractivity contribution in [1.29, 1.82) is 0 Å². The summed E-state index contributed by atoms with van der Waals surface area (Å²) in [6, 6.07) is 11.5. The first-order valence-electron chi connectivity index (χ1n) is 5.77. The third-order valence-corrected chi connectivity index (χ3v) is 4.14. The van der Waals surface area contributed by atoms with Crippen LogP contribution in [0.15, 0.2) is 46.4 Å². The molecule has 0 saturated carbocycles. The monoisotopic (exact) mass is 334 g/mol. The van der Waals surface area contributed by atoms with Crippen molar-refractivity contribution in [2.24, 2.45) is 0 Å². The lowest BCUT2D eigenvalue weighted by Gasteiger charge is -2.08. The molecular weight excluding hydrogens is 324 g/mol. The Bertz CT molecular complexity index is 726. The van der Waals surface area contributed by atoms with Crippen molar-refractivity contribution in [3.8, 4) is 5.75 Å². The first kappa shape index (κ1) is 12.4. The Hall–Kier alpha value is -1.59. The van der Waals surface area contributed by atoms with E-state index < -0.39 is 0 Å². The lowest BCUT2D eigenvalue weighted by molar-refractivity contribution is 0.469. The van der Waals surface area contributed by atoms with Gasteiger partial charge in [0.25, 0.3) is 0 Å². The molecule has 3 rings (SSSR count). The van der Waals surface area contributed by atoms with Crippen molar-refractivity contribution >= 4 is 43.2 Å². The number of rotatable bonds is 3. The van der Waals surface area contributed by atoms with Crippen LogP contribution in [0.4, 0.5) is 5.69 Å². The van der Waals surface area contributed by atoms with Gasteiger partial charge in [0.15, 0.2) is 0 Å². The van der Waals surface area contributed by atoms with Gasteiger partial charge in [-0.05, 0) is 36.4 Å². The average molecular weight is 335 g/mol. The summed E-state index contributed by atoms with van der Waals surface area (Å²) in [5.74, 6) is 0.301. The SMILES string of the molecule is Oc1ccc(Br)cc1CNc1ccc2ncsc2c1. The van der Waals surface area contributed by atoms with Crippen molar-refractivity contribution in [3.63, 3.8) is 0 Å². The molecule has 0 bridgehead atoms. The first-order valence-corrected chi connectivity index (χ1v) is 7.44. The Labute approximate surface area is 123 Å². The summed E-state index contributed by atoms with van der Waals surface area (Å²) >= 11 is 5.03. The number of hydrogen-bond acceptors (Lipinski definition) is 4. The molecule has 0 saturated heterocycles. The molecule has 2 aromatic carbocycles. The third kappa shape index (κ3) is 2.72. The van der Waals surface area contributed by atoms with E-state index in [-0.39, 0.29) is 0 Å². The van der Waals surface area contributed by atoms with Crippen LogP contribution >= 0.6 is 27.3 Å². The fraction of sp³-hybridized carbons (Fsp3) is 0.0714. The summed E-state index contributed by atoms with van der Waals surface area (Å²) in [5.41, 5.74) is 4.74. The molecule has 2 N–H and O–H groups in total. The zero-order valence-corrected chi connectivity index (χ0v) is 12.3. The molecule has 1 heterocycles. The Morgan fingerprint density at radius 1 is 1.21 bits per heavy atom. The molecule has 0 aliphatic carbocycles. The summed E-state index contributed by atoms with van der Waals surface area (Å²) in [6.45, 7) is 0.579. The number of nitrogens with zero attached hydrogens (tertiary/aromatic N) is 1. The fourth-order valence-electron chi connectivity index (χ4n) is 1.86. The number of fused-ring (bicyclic) bond motifs is 1. The van der Waals surface area contributed by atoms with Crippen LogP contribution in [0.3, 0.4) is 0 Å². The topological polar surface area (TPSA) is 45.1 Å². The summed E-state index contributed by atoms with van der Waals surface area (Å²) in [7, 11) is 0. The molecule has 5 heteroatoms. The van der Waals surface area contributed by atoms with Gasteiger partial charge >= 0.3 is 0 Å². The van der Waals surface area contributed by atoms with E-state index in [1.165, 1.54) is 0 Å². The molecule has 0 aliphatic heterocycles.